The Bertz CT molecular complexity index is 1210. The summed E-state index contributed by atoms with van der Waals surface area (Å²) in [6.45, 7) is 5.37. The van der Waals surface area contributed by atoms with Crippen molar-refractivity contribution < 1.29 is 23.1 Å². The number of sulfone groups is 1. The van der Waals surface area contributed by atoms with Crippen LogP contribution in [0.15, 0.2) is 29.6 Å². The quantitative estimate of drug-likeness (QED) is 0.550. The number of carbonyl (C=O) groups excluding carboxylic acids is 2. The molecule has 1 unspecified atom stereocenters. The van der Waals surface area contributed by atoms with Crippen LogP contribution in [-0.4, -0.2) is 58.9 Å². The summed E-state index contributed by atoms with van der Waals surface area (Å²) in [4.78, 5) is 28.1. The molecule has 0 bridgehead atoms. The van der Waals surface area contributed by atoms with Gasteiger partial charge in [0, 0.05) is 30.0 Å². The second kappa shape index (κ2) is 8.93. The number of hydrogen-bond donors (Lipinski definition) is 2. The molecular formula is C24H29ClN2O5S2. The number of nitrogens with one attached hydrogen (secondary N) is 1. The lowest BCUT2D eigenvalue weighted by atomic mass is 10.0. The van der Waals surface area contributed by atoms with Crippen LogP contribution in [0.25, 0.3) is 0 Å². The highest BCUT2D eigenvalue weighted by molar-refractivity contribution is 7.94. The second-order valence-electron chi connectivity index (χ2n) is 9.71. The Morgan fingerprint density at radius 1 is 1.29 bits per heavy atom. The molecule has 0 saturated heterocycles. The van der Waals surface area contributed by atoms with E-state index in [1.807, 2.05) is 12.1 Å². The van der Waals surface area contributed by atoms with Crippen molar-refractivity contribution in [1.29, 1.82) is 0 Å². The van der Waals surface area contributed by atoms with E-state index < -0.39 is 25.4 Å². The molecule has 34 heavy (non-hydrogen) atoms. The van der Waals surface area contributed by atoms with Gasteiger partial charge >= 0.3 is 0 Å². The van der Waals surface area contributed by atoms with Crippen molar-refractivity contribution in [3.63, 3.8) is 0 Å². The number of thiophene rings is 1. The lowest BCUT2D eigenvalue weighted by Crippen LogP contribution is -2.53. The van der Waals surface area contributed by atoms with Gasteiger partial charge in [0.25, 0.3) is 11.8 Å². The molecule has 1 aliphatic carbocycles. The lowest BCUT2D eigenvalue weighted by molar-refractivity contribution is 0.0741. The van der Waals surface area contributed by atoms with Crippen molar-refractivity contribution in [2.75, 3.05) is 13.1 Å². The number of aliphatic hydroxyl groups is 1. The highest BCUT2D eigenvalue weighted by Crippen LogP contribution is 2.50. The minimum absolute atomic E-state index is 0.111. The molecule has 1 aromatic heterocycles. The predicted molar refractivity (Wildman–Crippen MR) is 133 cm³/mol. The Labute approximate surface area is 209 Å². The van der Waals surface area contributed by atoms with Crippen LogP contribution in [0.4, 0.5) is 0 Å². The first kappa shape index (κ1) is 25.2. The fourth-order valence-electron chi connectivity index (χ4n) is 4.30. The number of fused-ring (bicyclic) bond motifs is 1. The average molecular weight is 525 g/mol. The number of hydrogen-bond acceptors (Lipinski definition) is 6. The minimum atomic E-state index is -3.68. The normalized spacial score (nSPS) is 18.4. The number of halogens is 1. The standard InChI is InChI=1S/C24H29ClN2O5S2/c1-15(28)23(2,3)34(31,32)24(9-10-24)14-27-11-8-18-19(13-33-20(18)22(27)30)21(29)26-12-16-4-6-17(25)7-5-16/h4-7,13,15,28H,8-12,14H2,1-3H3,(H,26,29). The molecule has 1 saturated carbocycles. The van der Waals surface area contributed by atoms with Gasteiger partial charge in [-0.05, 0) is 63.3 Å². The molecule has 184 valence electrons. The summed E-state index contributed by atoms with van der Waals surface area (Å²) in [5.41, 5.74) is 2.13. The van der Waals surface area contributed by atoms with E-state index in [9.17, 15) is 23.1 Å². The molecule has 10 heteroatoms. The molecule has 1 aliphatic heterocycles. The number of amides is 2. The third-order valence-corrected chi connectivity index (χ3v) is 11.8. The summed E-state index contributed by atoms with van der Waals surface area (Å²) in [6, 6.07) is 7.21. The van der Waals surface area contributed by atoms with Gasteiger partial charge in [0.15, 0.2) is 9.84 Å². The van der Waals surface area contributed by atoms with E-state index in [-0.39, 0.29) is 18.4 Å². The molecule has 2 heterocycles. The maximum atomic E-state index is 13.3. The van der Waals surface area contributed by atoms with Gasteiger partial charge in [0.1, 0.15) is 0 Å². The molecule has 2 aliphatic rings. The van der Waals surface area contributed by atoms with Crippen molar-refractivity contribution in [2.24, 2.45) is 0 Å². The summed E-state index contributed by atoms with van der Waals surface area (Å²) >= 11 is 7.12. The fraction of sp³-hybridized carbons (Fsp3) is 0.500. The molecule has 1 aromatic carbocycles. The first-order chi connectivity index (χ1) is 15.9. The largest absolute Gasteiger partial charge is 0.392 e. The van der Waals surface area contributed by atoms with Crippen LogP contribution in [0, 0.1) is 0 Å². The SMILES string of the molecule is CC(O)C(C)(C)S(=O)(=O)C1(CN2CCc3c(C(=O)NCc4ccc(Cl)cc4)csc3C2=O)CC1. The monoisotopic (exact) mass is 524 g/mol. The molecule has 2 amide bonds. The molecular weight excluding hydrogens is 496 g/mol. The Morgan fingerprint density at radius 3 is 2.53 bits per heavy atom. The molecule has 0 radical (unpaired) electrons. The van der Waals surface area contributed by atoms with Crippen LogP contribution in [0.5, 0.6) is 0 Å². The first-order valence-electron chi connectivity index (χ1n) is 11.2. The zero-order valence-electron chi connectivity index (χ0n) is 19.4. The van der Waals surface area contributed by atoms with E-state index in [2.05, 4.69) is 5.32 Å². The summed E-state index contributed by atoms with van der Waals surface area (Å²) < 4.78 is 24.4. The van der Waals surface area contributed by atoms with E-state index in [1.165, 1.54) is 32.1 Å². The molecule has 7 nitrogen and oxygen atoms in total. The van der Waals surface area contributed by atoms with Crippen LogP contribution in [0.1, 0.15) is 64.8 Å². The summed E-state index contributed by atoms with van der Waals surface area (Å²) in [5.74, 6) is -0.479. The van der Waals surface area contributed by atoms with Crippen molar-refractivity contribution in [1.82, 2.24) is 10.2 Å². The van der Waals surface area contributed by atoms with Gasteiger partial charge in [-0.25, -0.2) is 8.42 Å². The van der Waals surface area contributed by atoms with Crippen molar-refractivity contribution in [2.45, 2.75) is 62.2 Å². The number of benzene rings is 1. The zero-order chi connectivity index (χ0) is 24.9. The van der Waals surface area contributed by atoms with Crippen LogP contribution in [-0.2, 0) is 22.8 Å². The molecule has 0 spiro atoms. The number of rotatable bonds is 8. The van der Waals surface area contributed by atoms with Gasteiger partial charge in [-0.2, -0.15) is 0 Å². The van der Waals surface area contributed by atoms with Crippen LogP contribution >= 0.6 is 22.9 Å². The average Bonchev–Trinajstić information content (AvgIpc) is 3.45. The van der Waals surface area contributed by atoms with Crippen molar-refractivity contribution in [3.8, 4) is 0 Å². The molecule has 4 rings (SSSR count). The minimum Gasteiger partial charge on any atom is -0.392 e. The van der Waals surface area contributed by atoms with Gasteiger partial charge in [-0.3, -0.25) is 9.59 Å². The third kappa shape index (κ3) is 4.27. The highest BCUT2D eigenvalue weighted by Gasteiger charge is 2.62. The first-order valence-corrected chi connectivity index (χ1v) is 14.0. The maximum Gasteiger partial charge on any atom is 0.264 e. The van der Waals surface area contributed by atoms with Crippen LogP contribution in [0.3, 0.4) is 0 Å². The van der Waals surface area contributed by atoms with Crippen molar-refractivity contribution in [3.05, 3.63) is 56.2 Å². The Hall–Kier alpha value is -1.94. The van der Waals surface area contributed by atoms with E-state index in [4.69, 9.17) is 11.6 Å². The molecule has 1 atom stereocenters. The predicted octanol–water partition coefficient (Wildman–Crippen LogP) is 3.44. The summed E-state index contributed by atoms with van der Waals surface area (Å²) in [6.07, 6.45) is 0.421. The Kier molecular flexibility index (Phi) is 6.61. The van der Waals surface area contributed by atoms with Gasteiger partial charge < -0.3 is 15.3 Å². The van der Waals surface area contributed by atoms with E-state index in [0.29, 0.717) is 47.8 Å². The Balaban J connectivity index is 1.47. The van der Waals surface area contributed by atoms with Gasteiger partial charge in [0.2, 0.25) is 0 Å². The fourth-order valence-corrected chi connectivity index (χ4v) is 8.03. The van der Waals surface area contributed by atoms with Crippen LogP contribution in [0.2, 0.25) is 5.02 Å². The van der Waals surface area contributed by atoms with Gasteiger partial charge in [-0.15, -0.1) is 11.3 Å². The smallest absolute Gasteiger partial charge is 0.264 e. The topological polar surface area (TPSA) is 104 Å². The number of nitrogens with zero attached hydrogens (tertiary/aromatic N) is 1. The molecule has 1 fully saturated rings. The lowest BCUT2D eigenvalue weighted by Gasteiger charge is -2.36. The molecule has 2 N–H and O–H groups in total. The highest BCUT2D eigenvalue weighted by atomic mass is 35.5. The Morgan fingerprint density at radius 2 is 1.94 bits per heavy atom. The number of carbonyl (C=O) groups is 2. The molecule has 2 aromatic rings. The number of aliphatic hydroxyl groups excluding tert-OH is 1. The maximum absolute atomic E-state index is 13.3. The third-order valence-electron chi connectivity index (χ3n) is 7.17. The zero-order valence-corrected chi connectivity index (χ0v) is 21.8. The van der Waals surface area contributed by atoms with E-state index in [0.717, 1.165) is 11.1 Å². The van der Waals surface area contributed by atoms with E-state index >= 15 is 0 Å². The second-order valence-corrected chi connectivity index (χ2v) is 13.9. The van der Waals surface area contributed by atoms with Crippen molar-refractivity contribution >= 4 is 44.6 Å². The summed E-state index contributed by atoms with van der Waals surface area (Å²) in [5, 5.41) is 15.3. The van der Waals surface area contributed by atoms with Crippen LogP contribution < -0.4 is 5.32 Å². The van der Waals surface area contributed by atoms with Gasteiger partial charge in [0.05, 0.1) is 26.0 Å². The summed E-state index contributed by atoms with van der Waals surface area (Å²) in [7, 11) is -3.68. The van der Waals surface area contributed by atoms with Gasteiger partial charge in [-0.1, -0.05) is 23.7 Å². The van der Waals surface area contributed by atoms with E-state index in [1.54, 1.807) is 22.4 Å².